The van der Waals surface area contributed by atoms with Crippen LogP contribution in [-0.2, 0) is 18.9 Å². The van der Waals surface area contributed by atoms with Crippen LogP contribution in [0.1, 0.15) is 61.7 Å². The minimum absolute atomic E-state index is 0.0462. The first-order chi connectivity index (χ1) is 15.2. The van der Waals surface area contributed by atoms with Gasteiger partial charge in [-0.05, 0) is 87.5 Å². The van der Waals surface area contributed by atoms with E-state index in [-0.39, 0.29) is 18.2 Å². The standard InChI is InChI=1S/C25H34O6/c26-25(19-5-9-21(10-6-19)28-14-24-16-30-24)31-22-11-3-18(4-12-22)17-1-7-20(8-2-17)27-13-23-15-29-23/h5-6,9-10,17-18,20,22-24H,1-4,7-8,11-16H2. The fourth-order valence-corrected chi connectivity index (χ4v) is 5.07. The van der Waals surface area contributed by atoms with Gasteiger partial charge in [0, 0.05) is 0 Å². The lowest BCUT2D eigenvalue weighted by Gasteiger charge is -2.37. The zero-order valence-electron chi connectivity index (χ0n) is 18.2. The number of benzene rings is 1. The van der Waals surface area contributed by atoms with E-state index in [0.29, 0.717) is 24.4 Å². The van der Waals surface area contributed by atoms with Crippen molar-refractivity contribution in [1.29, 1.82) is 0 Å². The first kappa shape index (κ1) is 21.2. The molecule has 170 valence electrons. The van der Waals surface area contributed by atoms with Crippen LogP contribution in [0, 0.1) is 11.8 Å². The quantitative estimate of drug-likeness (QED) is 0.433. The smallest absolute Gasteiger partial charge is 0.338 e. The summed E-state index contributed by atoms with van der Waals surface area (Å²) in [5.74, 6) is 2.11. The van der Waals surface area contributed by atoms with Gasteiger partial charge >= 0.3 is 5.97 Å². The summed E-state index contributed by atoms with van der Waals surface area (Å²) < 4.78 is 27.8. The summed E-state index contributed by atoms with van der Waals surface area (Å²) in [4.78, 5) is 12.5. The number of carbonyl (C=O) groups is 1. The summed E-state index contributed by atoms with van der Waals surface area (Å²) in [6, 6.07) is 7.22. The van der Waals surface area contributed by atoms with Crippen molar-refractivity contribution < 1.29 is 28.5 Å². The number of ether oxygens (including phenoxy) is 5. The van der Waals surface area contributed by atoms with Gasteiger partial charge in [-0.1, -0.05) is 0 Å². The third kappa shape index (κ3) is 6.21. The van der Waals surface area contributed by atoms with Gasteiger partial charge in [0.1, 0.15) is 30.7 Å². The predicted octanol–water partition coefficient (Wildman–Crippen LogP) is 4.15. The van der Waals surface area contributed by atoms with E-state index in [1.165, 1.54) is 38.5 Å². The first-order valence-electron chi connectivity index (χ1n) is 12.0. The van der Waals surface area contributed by atoms with Crippen molar-refractivity contribution >= 4 is 5.97 Å². The second-order valence-corrected chi connectivity index (χ2v) is 9.56. The topological polar surface area (TPSA) is 69.8 Å². The van der Waals surface area contributed by atoms with E-state index in [1.54, 1.807) is 12.1 Å². The van der Waals surface area contributed by atoms with E-state index in [9.17, 15) is 4.79 Å². The van der Waals surface area contributed by atoms with Gasteiger partial charge in [0.15, 0.2) is 0 Å². The normalized spacial score (nSPS) is 34.7. The van der Waals surface area contributed by atoms with Gasteiger partial charge in [-0.15, -0.1) is 0 Å². The Labute approximate surface area is 184 Å². The third-order valence-electron chi connectivity index (χ3n) is 7.23. The van der Waals surface area contributed by atoms with Crippen molar-refractivity contribution in [3.05, 3.63) is 29.8 Å². The molecule has 2 heterocycles. The molecule has 0 amide bonds. The van der Waals surface area contributed by atoms with E-state index in [1.807, 2.05) is 12.1 Å². The van der Waals surface area contributed by atoms with E-state index in [4.69, 9.17) is 23.7 Å². The van der Waals surface area contributed by atoms with E-state index in [2.05, 4.69) is 0 Å². The third-order valence-corrected chi connectivity index (χ3v) is 7.23. The number of rotatable bonds is 9. The summed E-state index contributed by atoms with van der Waals surface area (Å²) in [5, 5.41) is 0. The summed E-state index contributed by atoms with van der Waals surface area (Å²) in [7, 11) is 0. The minimum atomic E-state index is -0.224. The summed E-state index contributed by atoms with van der Waals surface area (Å²) in [5.41, 5.74) is 0.590. The van der Waals surface area contributed by atoms with Crippen LogP contribution < -0.4 is 4.74 Å². The van der Waals surface area contributed by atoms with Gasteiger partial charge < -0.3 is 23.7 Å². The molecular weight excluding hydrogens is 396 g/mol. The van der Waals surface area contributed by atoms with Crippen LogP contribution in [0.4, 0.5) is 0 Å². The molecule has 2 aliphatic carbocycles. The lowest BCUT2D eigenvalue weighted by molar-refractivity contribution is -0.00856. The number of carbonyl (C=O) groups excluding carboxylic acids is 1. The van der Waals surface area contributed by atoms with Crippen LogP contribution in [0.2, 0.25) is 0 Å². The Kier molecular flexibility index (Phi) is 6.77. The number of hydrogen-bond donors (Lipinski definition) is 0. The zero-order chi connectivity index (χ0) is 21.0. The highest BCUT2D eigenvalue weighted by molar-refractivity contribution is 5.89. The van der Waals surface area contributed by atoms with Gasteiger partial charge in [-0.3, -0.25) is 0 Å². The summed E-state index contributed by atoms with van der Waals surface area (Å²) >= 11 is 0. The van der Waals surface area contributed by atoms with Crippen molar-refractivity contribution in [2.45, 2.75) is 75.8 Å². The van der Waals surface area contributed by atoms with Crippen LogP contribution in [0.5, 0.6) is 5.75 Å². The molecule has 0 bridgehead atoms. The van der Waals surface area contributed by atoms with Crippen molar-refractivity contribution in [3.8, 4) is 5.75 Å². The molecule has 6 heteroatoms. The molecular formula is C25H34O6. The Bertz CT molecular complexity index is 710. The fourth-order valence-electron chi connectivity index (χ4n) is 5.07. The highest BCUT2D eigenvalue weighted by Crippen LogP contribution is 2.39. The van der Waals surface area contributed by atoms with Crippen LogP contribution in [0.25, 0.3) is 0 Å². The molecule has 2 saturated heterocycles. The van der Waals surface area contributed by atoms with Crippen molar-refractivity contribution in [1.82, 2.24) is 0 Å². The van der Waals surface area contributed by atoms with Gasteiger partial charge in [0.05, 0.1) is 31.5 Å². The monoisotopic (exact) mass is 430 g/mol. The average molecular weight is 431 g/mol. The Morgan fingerprint density at radius 3 is 1.90 bits per heavy atom. The van der Waals surface area contributed by atoms with Crippen molar-refractivity contribution in [3.63, 3.8) is 0 Å². The molecule has 1 aromatic carbocycles. The molecule has 2 atom stereocenters. The average Bonchev–Trinajstić information content (AvgIpc) is 3.73. The molecule has 2 unspecified atom stereocenters. The highest BCUT2D eigenvalue weighted by Gasteiger charge is 2.33. The fraction of sp³-hybridized carbons (Fsp3) is 0.720. The first-order valence-corrected chi connectivity index (χ1v) is 12.0. The van der Waals surface area contributed by atoms with E-state index >= 15 is 0 Å². The molecule has 1 aromatic rings. The molecule has 2 aliphatic heterocycles. The Hall–Kier alpha value is -1.63. The maximum absolute atomic E-state index is 12.5. The summed E-state index contributed by atoms with van der Waals surface area (Å²) in [6.07, 6.45) is 10.3. The Morgan fingerprint density at radius 2 is 1.32 bits per heavy atom. The SMILES string of the molecule is O=C(OC1CCC(C2CCC(OCC3CO3)CC2)CC1)c1ccc(OCC2CO2)cc1. The van der Waals surface area contributed by atoms with Gasteiger partial charge in [-0.25, -0.2) is 4.79 Å². The number of epoxide rings is 2. The Morgan fingerprint density at radius 1 is 0.774 bits per heavy atom. The summed E-state index contributed by atoms with van der Waals surface area (Å²) in [6.45, 7) is 2.99. The minimum Gasteiger partial charge on any atom is -0.491 e. The second-order valence-electron chi connectivity index (χ2n) is 9.56. The van der Waals surface area contributed by atoms with Crippen LogP contribution in [0.3, 0.4) is 0 Å². The number of esters is 1. The molecule has 0 aromatic heterocycles. The maximum atomic E-state index is 12.5. The molecule has 6 nitrogen and oxygen atoms in total. The van der Waals surface area contributed by atoms with Crippen LogP contribution in [0.15, 0.2) is 24.3 Å². The molecule has 5 rings (SSSR count). The lowest BCUT2D eigenvalue weighted by Crippen LogP contribution is -2.31. The van der Waals surface area contributed by atoms with E-state index < -0.39 is 0 Å². The van der Waals surface area contributed by atoms with Crippen LogP contribution >= 0.6 is 0 Å². The second kappa shape index (κ2) is 9.88. The molecule has 0 spiro atoms. The molecule has 0 radical (unpaired) electrons. The van der Waals surface area contributed by atoms with Crippen molar-refractivity contribution in [2.75, 3.05) is 26.4 Å². The Balaban J connectivity index is 1.00. The molecule has 4 fully saturated rings. The molecule has 4 aliphatic rings. The largest absolute Gasteiger partial charge is 0.491 e. The zero-order valence-corrected chi connectivity index (χ0v) is 18.2. The lowest BCUT2D eigenvalue weighted by atomic mass is 9.72. The van der Waals surface area contributed by atoms with Gasteiger partial charge in [0.2, 0.25) is 0 Å². The number of hydrogen-bond acceptors (Lipinski definition) is 6. The van der Waals surface area contributed by atoms with Gasteiger partial charge in [0.25, 0.3) is 0 Å². The molecule has 0 N–H and O–H groups in total. The van der Waals surface area contributed by atoms with Crippen LogP contribution in [-0.4, -0.2) is 56.8 Å². The van der Waals surface area contributed by atoms with E-state index in [0.717, 1.165) is 50.2 Å². The van der Waals surface area contributed by atoms with Gasteiger partial charge in [-0.2, -0.15) is 0 Å². The molecule has 2 saturated carbocycles. The molecule has 31 heavy (non-hydrogen) atoms. The highest BCUT2D eigenvalue weighted by atomic mass is 16.6. The van der Waals surface area contributed by atoms with Crippen molar-refractivity contribution in [2.24, 2.45) is 11.8 Å². The maximum Gasteiger partial charge on any atom is 0.338 e. The predicted molar refractivity (Wildman–Crippen MR) is 114 cm³/mol.